The van der Waals surface area contributed by atoms with Crippen molar-refractivity contribution < 1.29 is 28.4 Å². The Kier molecular flexibility index (Phi) is 7.78. The van der Waals surface area contributed by atoms with Crippen LogP contribution in [0.15, 0.2) is 48.5 Å². The summed E-state index contributed by atoms with van der Waals surface area (Å²) in [5, 5.41) is 15.6. The predicted octanol–water partition coefficient (Wildman–Crippen LogP) is 3.02. The molecule has 2 N–H and O–H groups in total. The number of esters is 1. The number of hydrogen-bond donors (Lipinski definition) is 2. The second kappa shape index (κ2) is 10.5. The molecule has 0 aliphatic rings. The molecule has 0 saturated heterocycles. The van der Waals surface area contributed by atoms with E-state index in [0.29, 0.717) is 5.69 Å². The standard InChI is InChI=1S/C19H18FN3O6/c20-13-7-9-14(10-8-13)21-17(24)5-2-6-19(26)29-12-18(25)22-15-3-1-4-16(11-15)23(27)28/h1,3-4,7-11H,2,5-6,12H2,(H,21,24)(H,22,25). The van der Waals surface area contributed by atoms with Crippen LogP contribution in [0.4, 0.5) is 21.5 Å². The highest BCUT2D eigenvalue weighted by molar-refractivity contribution is 5.93. The molecule has 0 saturated carbocycles. The zero-order valence-electron chi connectivity index (χ0n) is 15.2. The number of benzene rings is 2. The molecule has 0 bridgehead atoms. The van der Waals surface area contributed by atoms with E-state index in [2.05, 4.69) is 10.6 Å². The molecule has 2 amide bonds. The highest BCUT2D eigenvalue weighted by Gasteiger charge is 2.11. The third-order valence-corrected chi connectivity index (χ3v) is 3.62. The number of nitrogens with zero attached hydrogens (tertiary/aromatic N) is 1. The van der Waals surface area contributed by atoms with Crippen LogP contribution in [0.5, 0.6) is 0 Å². The average Bonchev–Trinajstić information content (AvgIpc) is 2.68. The van der Waals surface area contributed by atoms with Gasteiger partial charge in [0.05, 0.1) is 4.92 Å². The molecule has 2 rings (SSSR count). The Labute approximate surface area is 165 Å². The summed E-state index contributed by atoms with van der Waals surface area (Å²) in [5.41, 5.74) is 0.466. The molecule has 0 radical (unpaired) electrons. The summed E-state index contributed by atoms with van der Waals surface area (Å²) in [5.74, 6) is -2.06. The summed E-state index contributed by atoms with van der Waals surface area (Å²) >= 11 is 0. The Morgan fingerprint density at radius 1 is 0.966 bits per heavy atom. The fraction of sp³-hybridized carbons (Fsp3) is 0.211. The van der Waals surface area contributed by atoms with Crippen molar-refractivity contribution in [3.05, 3.63) is 64.5 Å². The maximum Gasteiger partial charge on any atom is 0.306 e. The molecule has 0 spiro atoms. The third-order valence-electron chi connectivity index (χ3n) is 3.62. The number of non-ortho nitro benzene ring substituents is 1. The smallest absolute Gasteiger partial charge is 0.306 e. The van der Waals surface area contributed by atoms with Gasteiger partial charge in [0.15, 0.2) is 6.61 Å². The summed E-state index contributed by atoms with van der Waals surface area (Å²) in [6, 6.07) is 10.6. The van der Waals surface area contributed by atoms with Crippen LogP contribution in [0.3, 0.4) is 0 Å². The molecule has 2 aromatic rings. The molecule has 10 heteroatoms. The van der Waals surface area contributed by atoms with Gasteiger partial charge in [-0.25, -0.2) is 4.39 Å². The number of anilines is 2. The first-order chi connectivity index (χ1) is 13.8. The predicted molar refractivity (Wildman–Crippen MR) is 102 cm³/mol. The Balaban J connectivity index is 1.65. The number of amides is 2. The van der Waals surface area contributed by atoms with Crippen LogP contribution in [-0.2, 0) is 19.1 Å². The highest BCUT2D eigenvalue weighted by Crippen LogP contribution is 2.17. The van der Waals surface area contributed by atoms with Gasteiger partial charge < -0.3 is 15.4 Å². The Hall–Kier alpha value is -3.82. The Bertz CT molecular complexity index is 901. The van der Waals surface area contributed by atoms with Crippen molar-refractivity contribution in [3.63, 3.8) is 0 Å². The van der Waals surface area contributed by atoms with E-state index < -0.39 is 29.2 Å². The number of hydrogen-bond acceptors (Lipinski definition) is 6. The summed E-state index contributed by atoms with van der Waals surface area (Å²) in [4.78, 5) is 45.3. The topological polar surface area (TPSA) is 128 Å². The van der Waals surface area contributed by atoms with Crippen LogP contribution in [-0.4, -0.2) is 29.3 Å². The minimum absolute atomic E-state index is 0.0480. The van der Waals surface area contributed by atoms with Crippen LogP contribution in [0.25, 0.3) is 0 Å². The molecule has 0 aromatic heterocycles. The largest absolute Gasteiger partial charge is 0.456 e. The van der Waals surface area contributed by atoms with Crippen molar-refractivity contribution in [1.82, 2.24) is 0 Å². The van der Waals surface area contributed by atoms with E-state index in [4.69, 9.17) is 4.74 Å². The van der Waals surface area contributed by atoms with Gasteiger partial charge in [0.2, 0.25) is 5.91 Å². The zero-order valence-corrected chi connectivity index (χ0v) is 15.2. The number of rotatable bonds is 9. The summed E-state index contributed by atoms with van der Waals surface area (Å²) < 4.78 is 17.6. The van der Waals surface area contributed by atoms with Gasteiger partial charge in [0.25, 0.3) is 11.6 Å². The number of nitro groups is 1. The monoisotopic (exact) mass is 403 g/mol. The van der Waals surface area contributed by atoms with Crippen LogP contribution < -0.4 is 10.6 Å². The fourth-order valence-corrected chi connectivity index (χ4v) is 2.26. The van der Waals surface area contributed by atoms with Crippen molar-refractivity contribution in [2.24, 2.45) is 0 Å². The lowest BCUT2D eigenvalue weighted by molar-refractivity contribution is -0.384. The summed E-state index contributed by atoms with van der Waals surface area (Å²) in [7, 11) is 0. The van der Waals surface area contributed by atoms with Crippen molar-refractivity contribution >= 4 is 34.8 Å². The van der Waals surface area contributed by atoms with Gasteiger partial charge >= 0.3 is 5.97 Å². The first-order valence-electron chi connectivity index (χ1n) is 8.59. The lowest BCUT2D eigenvalue weighted by Gasteiger charge is -2.07. The lowest BCUT2D eigenvalue weighted by Crippen LogP contribution is -2.21. The second-order valence-corrected chi connectivity index (χ2v) is 5.92. The molecule has 0 aliphatic heterocycles. The van der Waals surface area contributed by atoms with E-state index in [1.807, 2.05) is 0 Å². The third kappa shape index (κ3) is 7.75. The van der Waals surface area contributed by atoms with Crippen molar-refractivity contribution in [3.8, 4) is 0 Å². The van der Waals surface area contributed by atoms with Crippen molar-refractivity contribution in [1.29, 1.82) is 0 Å². The van der Waals surface area contributed by atoms with Gasteiger partial charge in [-0.3, -0.25) is 24.5 Å². The number of carbonyl (C=O) groups is 3. The second-order valence-electron chi connectivity index (χ2n) is 5.92. The molecule has 0 atom stereocenters. The quantitative estimate of drug-likeness (QED) is 0.376. The van der Waals surface area contributed by atoms with Crippen LogP contribution in [0.1, 0.15) is 19.3 Å². The van der Waals surface area contributed by atoms with Crippen molar-refractivity contribution in [2.45, 2.75) is 19.3 Å². The van der Waals surface area contributed by atoms with Gasteiger partial charge in [0, 0.05) is 36.3 Å². The molecular weight excluding hydrogens is 385 g/mol. The first kappa shape index (κ1) is 21.5. The Morgan fingerprint density at radius 2 is 1.66 bits per heavy atom. The number of carbonyl (C=O) groups excluding carboxylic acids is 3. The van der Waals surface area contributed by atoms with E-state index in [9.17, 15) is 28.9 Å². The number of nitro benzene ring substituents is 1. The van der Waals surface area contributed by atoms with Gasteiger partial charge in [-0.05, 0) is 36.8 Å². The summed E-state index contributed by atoms with van der Waals surface area (Å²) in [6.07, 6.45) is 0.186. The molecule has 9 nitrogen and oxygen atoms in total. The van der Waals surface area contributed by atoms with E-state index in [-0.39, 0.29) is 36.5 Å². The SMILES string of the molecule is O=C(CCCC(=O)OCC(=O)Nc1cccc([N+](=O)[O-])c1)Nc1ccc(F)cc1. The minimum Gasteiger partial charge on any atom is -0.456 e. The molecule has 2 aromatic carbocycles. The minimum atomic E-state index is -0.659. The van der Waals surface area contributed by atoms with Gasteiger partial charge in [0.1, 0.15) is 5.82 Å². The van der Waals surface area contributed by atoms with Crippen LogP contribution in [0.2, 0.25) is 0 Å². The molecule has 0 unspecified atom stereocenters. The maximum atomic E-state index is 12.8. The van der Waals surface area contributed by atoms with Crippen LogP contribution >= 0.6 is 0 Å². The van der Waals surface area contributed by atoms with E-state index in [1.165, 1.54) is 48.5 Å². The number of ether oxygens (including phenoxy) is 1. The van der Waals surface area contributed by atoms with Gasteiger partial charge in [-0.2, -0.15) is 0 Å². The molecule has 29 heavy (non-hydrogen) atoms. The molecular formula is C19H18FN3O6. The lowest BCUT2D eigenvalue weighted by atomic mass is 10.2. The van der Waals surface area contributed by atoms with E-state index in [1.54, 1.807) is 0 Å². The zero-order chi connectivity index (χ0) is 21.2. The first-order valence-corrected chi connectivity index (χ1v) is 8.59. The van der Waals surface area contributed by atoms with Gasteiger partial charge in [-0.15, -0.1) is 0 Å². The van der Waals surface area contributed by atoms with Gasteiger partial charge in [-0.1, -0.05) is 6.07 Å². The Morgan fingerprint density at radius 3 is 2.34 bits per heavy atom. The fourth-order valence-electron chi connectivity index (χ4n) is 2.26. The molecule has 152 valence electrons. The number of halogens is 1. The molecule has 0 aliphatic carbocycles. The van der Waals surface area contributed by atoms with E-state index >= 15 is 0 Å². The molecule has 0 fully saturated rings. The summed E-state index contributed by atoms with van der Waals surface area (Å²) in [6.45, 7) is -0.552. The van der Waals surface area contributed by atoms with Crippen LogP contribution in [0, 0.1) is 15.9 Å². The maximum absolute atomic E-state index is 12.8. The molecule has 0 heterocycles. The number of nitrogens with one attached hydrogen (secondary N) is 2. The van der Waals surface area contributed by atoms with E-state index in [0.717, 1.165) is 0 Å². The van der Waals surface area contributed by atoms with Crippen molar-refractivity contribution in [2.75, 3.05) is 17.2 Å². The highest BCUT2D eigenvalue weighted by atomic mass is 19.1. The average molecular weight is 403 g/mol. The normalized spacial score (nSPS) is 10.1.